The van der Waals surface area contributed by atoms with Crippen LogP contribution in [0.25, 0.3) is 0 Å². The lowest BCUT2D eigenvalue weighted by atomic mass is 10.1. The number of rotatable bonds is 13. The molecule has 2 unspecified atom stereocenters. The van der Waals surface area contributed by atoms with Gasteiger partial charge in [-0.3, -0.25) is 4.79 Å². The number of likely N-dealkylation sites (tertiary alicyclic amines) is 1. The summed E-state index contributed by atoms with van der Waals surface area (Å²) in [5.41, 5.74) is 0. The number of benzene rings is 2. The van der Waals surface area contributed by atoms with Crippen molar-refractivity contribution in [2.75, 3.05) is 40.0 Å². The summed E-state index contributed by atoms with van der Waals surface area (Å²) in [5.74, 6) is 1.70. The molecule has 1 fully saturated rings. The number of ether oxygens (including phenoxy) is 3. The van der Waals surface area contributed by atoms with Gasteiger partial charge in [0.2, 0.25) is 5.91 Å². The molecule has 0 spiro atoms. The number of nitrogens with one attached hydrogen (secondary N) is 1. The predicted octanol–water partition coefficient (Wildman–Crippen LogP) is 2.62. The van der Waals surface area contributed by atoms with Gasteiger partial charge in [-0.1, -0.05) is 6.07 Å². The summed E-state index contributed by atoms with van der Waals surface area (Å²) in [7, 11) is 1.58. The Morgan fingerprint density at radius 2 is 1.91 bits per heavy atom. The van der Waals surface area contributed by atoms with Crippen molar-refractivity contribution in [1.29, 1.82) is 0 Å². The van der Waals surface area contributed by atoms with Crippen molar-refractivity contribution in [2.24, 2.45) is 0 Å². The van der Waals surface area contributed by atoms with Gasteiger partial charge >= 0.3 is 0 Å². The van der Waals surface area contributed by atoms with Crippen molar-refractivity contribution < 1.29 is 28.5 Å². The summed E-state index contributed by atoms with van der Waals surface area (Å²) >= 11 is 0. The molecule has 1 aliphatic heterocycles. The highest BCUT2D eigenvalue weighted by molar-refractivity contribution is 5.78. The van der Waals surface area contributed by atoms with E-state index in [1.54, 1.807) is 36.3 Å². The molecule has 1 saturated heterocycles. The highest BCUT2D eigenvalue weighted by Gasteiger charge is 2.31. The molecule has 0 bridgehead atoms. The van der Waals surface area contributed by atoms with E-state index in [0.29, 0.717) is 36.8 Å². The van der Waals surface area contributed by atoms with Crippen LogP contribution in [0.5, 0.6) is 17.2 Å². The first-order valence-corrected chi connectivity index (χ1v) is 10.9. The molecule has 0 aliphatic carbocycles. The molecule has 0 radical (unpaired) electrons. The molecular weight excluding hydrogens is 415 g/mol. The summed E-state index contributed by atoms with van der Waals surface area (Å²) in [6.07, 6.45) is 1.31. The second-order valence-electron chi connectivity index (χ2n) is 7.72. The summed E-state index contributed by atoms with van der Waals surface area (Å²) in [4.78, 5) is 14.0. The van der Waals surface area contributed by atoms with Crippen LogP contribution in [-0.2, 0) is 4.79 Å². The van der Waals surface area contributed by atoms with Gasteiger partial charge in [0, 0.05) is 25.1 Å². The lowest BCUT2D eigenvalue weighted by Crippen LogP contribution is -2.42. The maximum Gasteiger partial charge on any atom is 0.222 e. The van der Waals surface area contributed by atoms with Crippen molar-refractivity contribution in [3.63, 3.8) is 0 Å². The Morgan fingerprint density at radius 1 is 1.12 bits per heavy atom. The Morgan fingerprint density at radius 3 is 2.69 bits per heavy atom. The standard InChI is InChI=1S/C24H31FN2O5/c1-30-22-3-2-4-23(15-22)32-17-20(28)16-27-19(7-10-24(27)29)11-12-26-13-14-31-21-8-5-18(25)6-9-21/h2-6,8-9,15,19-20,26,28H,7,10-14,16-17H2,1H3. The molecule has 3 rings (SSSR count). The molecule has 0 aromatic heterocycles. The predicted molar refractivity (Wildman–Crippen MR) is 119 cm³/mol. The third kappa shape index (κ3) is 7.39. The monoisotopic (exact) mass is 446 g/mol. The molecule has 1 aliphatic rings. The summed E-state index contributed by atoms with van der Waals surface area (Å²) in [5, 5.41) is 13.7. The number of methoxy groups -OCH3 is 1. The number of amides is 1. The zero-order valence-corrected chi connectivity index (χ0v) is 18.3. The van der Waals surface area contributed by atoms with E-state index >= 15 is 0 Å². The van der Waals surface area contributed by atoms with Gasteiger partial charge in [0.1, 0.15) is 42.4 Å². The van der Waals surface area contributed by atoms with Gasteiger partial charge in [-0.15, -0.1) is 0 Å². The second kappa shape index (κ2) is 12.3. The number of aliphatic hydroxyl groups excluding tert-OH is 1. The lowest BCUT2D eigenvalue weighted by Gasteiger charge is -2.27. The van der Waals surface area contributed by atoms with Crippen LogP contribution in [0.3, 0.4) is 0 Å². The summed E-state index contributed by atoms with van der Waals surface area (Å²) in [6.45, 7) is 2.20. The van der Waals surface area contributed by atoms with Crippen molar-refractivity contribution in [1.82, 2.24) is 10.2 Å². The minimum Gasteiger partial charge on any atom is -0.497 e. The Kier molecular flexibility index (Phi) is 9.13. The van der Waals surface area contributed by atoms with Gasteiger partial charge in [-0.25, -0.2) is 4.39 Å². The topological polar surface area (TPSA) is 80.3 Å². The molecule has 174 valence electrons. The highest BCUT2D eigenvalue weighted by Crippen LogP contribution is 2.22. The first-order chi connectivity index (χ1) is 15.5. The molecule has 2 N–H and O–H groups in total. The number of β-amino-alcohol motifs (C(OH)–C–C–N with tert-alkyl or cyclic N) is 1. The minimum absolute atomic E-state index is 0.0649. The number of halogens is 1. The zero-order chi connectivity index (χ0) is 22.8. The lowest BCUT2D eigenvalue weighted by molar-refractivity contribution is -0.130. The Hall–Kier alpha value is -2.84. The van der Waals surface area contributed by atoms with Gasteiger partial charge in [0.25, 0.3) is 0 Å². The van der Waals surface area contributed by atoms with E-state index < -0.39 is 6.10 Å². The van der Waals surface area contributed by atoms with Crippen LogP contribution in [0.15, 0.2) is 48.5 Å². The summed E-state index contributed by atoms with van der Waals surface area (Å²) < 4.78 is 29.2. The Balaban J connectivity index is 1.34. The van der Waals surface area contributed by atoms with Crippen LogP contribution >= 0.6 is 0 Å². The van der Waals surface area contributed by atoms with E-state index in [1.165, 1.54) is 12.1 Å². The van der Waals surface area contributed by atoms with Crippen molar-refractivity contribution in [3.8, 4) is 17.2 Å². The molecule has 2 aromatic carbocycles. The number of nitrogens with zero attached hydrogens (tertiary/aromatic N) is 1. The van der Waals surface area contributed by atoms with E-state index in [4.69, 9.17) is 14.2 Å². The molecule has 2 atom stereocenters. The number of aliphatic hydroxyl groups is 1. The van der Waals surface area contributed by atoms with Crippen LogP contribution < -0.4 is 19.5 Å². The fourth-order valence-corrected chi connectivity index (χ4v) is 3.67. The van der Waals surface area contributed by atoms with Crippen molar-refractivity contribution in [3.05, 3.63) is 54.3 Å². The highest BCUT2D eigenvalue weighted by atomic mass is 19.1. The largest absolute Gasteiger partial charge is 0.497 e. The van der Waals surface area contributed by atoms with Crippen molar-refractivity contribution >= 4 is 5.91 Å². The zero-order valence-electron chi connectivity index (χ0n) is 18.3. The first kappa shape index (κ1) is 23.8. The van der Waals surface area contributed by atoms with Crippen LogP contribution in [-0.4, -0.2) is 68.0 Å². The summed E-state index contributed by atoms with van der Waals surface area (Å²) in [6, 6.07) is 13.2. The van der Waals surface area contributed by atoms with E-state index in [-0.39, 0.29) is 30.9 Å². The third-order valence-electron chi connectivity index (χ3n) is 5.36. The molecule has 8 heteroatoms. The average Bonchev–Trinajstić information content (AvgIpc) is 3.15. The molecular formula is C24H31FN2O5. The SMILES string of the molecule is COc1cccc(OCC(O)CN2C(=O)CCC2CCNCCOc2ccc(F)cc2)c1. The maximum absolute atomic E-state index is 12.9. The Labute approximate surface area is 188 Å². The maximum atomic E-state index is 12.9. The molecule has 2 aromatic rings. The quantitative estimate of drug-likeness (QED) is 0.461. The van der Waals surface area contributed by atoms with Gasteiger partial charge in [-0.2, -0.15) is 0 Å². The van der Waals surface area contributed by atoms with E-state index in [2.05, 4.69) is 5.32 Å². The van der Waals surface area contributed by atoms with E-state index in [1.807, 2.05) is 12.1 Å². The second-order valence-corrected chi connectivity index (χ2v) is 7.72. The number of carbonyl (C=O) groups is 1. The number of carbonyl (C=O) groups excluding carboxylic acids is 1. The molecule has 0 saturated carbocycles. The normalized spacial score (nSPS) is 16.8. The van der Waals surface area contributed by atoms with Gasteiger partial charge < -0.3 is 29.5 Å². The third-order valence-corrected chi connectivity index (χ3v) is 5.36. The van der Waals surface area contributed by atoms with Crippen LogP contribution in [0.2, 0.25) is 0 Å². The molecule has 7 nitrogen and oxygen atoms in total. The van der Waals surface area contributed by atoms with Crippen LogP contribution in [0.4, 0.5) is 4.39 Å². The van der Waals surface area contributed by atoms with Crippen molar-refractivity contribution in [2.45, 2.75) is 31.4 Å². The van der Waals surface area contributed by atoms with Crippen LogP contribution in [0.1, 0.15) is 19.3 Å². The molecule has 32 heavy (non-hydrogen) atoms. The smallest absolute Gasteiger partial charge is 0.222 e. The van der Waals surface area contributed by atoms with Gasteiger partial charge in [0.05, 0.1) is 13.7 Å². The average molecular weight is 447 g/mol. The van der Waals surface area contributed by atoms with Gasteiger partial charge in [-0.05, 0) is 55.8 Å². The fourth-order valence-electron chi connectivity index (χ4n) is 3.67. The number of hydrogen-bond acceptors (Lipinski definition) is 6. The van der Waals surface area contributed by atoms with E-state index in [9.17, 15) is 14.3 Å². The van der Waals surface area contributed by atoms with E-state index in [0.717, 1.165) is 19.4 Å². The fraction of sp³-hybridized carbons (Fsp3) is 0.458. The minimum atomic E-state index is -0.775. The Bertz CT molecular complexity index is 849. The molecule has 1 heterocycles. The molecule has 1 amide bonds. The number of hydrogen-bond donors (Lipinski definition) is 2. The first-order valence-electron chi connectivity index (χ1n) is 10.9. The van der Waals surface area contributed by atoms with Gasteiger partial charge in [0.15, 0.2) is 0 Å². The van der Waals surface area contributed by atoms with Crippen LogP contribution in [0, 0.1) is 5.82 Å².